The number of aliphatic hydroxyl groups excluding tert-OH is 1. The van der Waals surface area contributed by atoms with E-state index in [4.69, 9.17) is 5.11 Å². The summed E-state index contributed by atoms with van der Waals surface area (Å²) in [6.45, 7) is 0.409. The lowest BCUT2D eigenvalue weighted by Crippen LogP contribution is -2.23. The maximum absolute atomic E-state index is 11.9. The Morgan fingerprint density at radius 3 is 2.33 bits per heavy atom. The Labute approximate surface area is 104 Å². The van der Waals surface area contributed by atoms with Crippen molar-refractivity contribution in [1.29, 1.82) is 0 Å². The van der Waals surface area contributed by atoms with Gasteiger partial charge in [-0.25, -0.2) is 0 Å². The number of aryl methyl sites for hydroxylation is 1. The SMILES string of the molecule is Cc1ccc(CC(CO)COCC(F)(F)F)cc1. The first-order valence-electron chi connectivity index (χ1n) is 5.71. The van der Waals surface area contributed by atoms with Crippen LogP contribution in [0.4, 0.5) is 13.2 Å². The first-order valence-corrected chi connectivity index (χ1v) is 5.71. The Kier molecular flexibility index (Phi) is 5.62. The van der Waals surface area contributed by atoms with Crippen molar-refractivity contribution in [2.24, 2.45) is 5.92 Å². The van der Waals surface area contributed by atoms with Gasteiger partial charge in [0.2, 0.25) is 0 Å². The smallest absolute Gasteiger partial charge is 0.396 e. The number of rotatable bonds is 6. The highest BCUT2D eigenvalue weighted by Crippen LogP contribution is 2.16. The van der Waals surface area contributed by atoms with Gasteiger partial charge in [0.25, 0.3) is 0 Å². The molecule has 0 saturated heterocycles. The normalized spacial score (nSPS) is 13.6. The first kappa shape index (κ1) is 15.0. The molecular weight excluding hydrogens is 245 g/mol. The van der Waals surface area contributed by atoms with Crippen LogP contribution in [-0.2, 0) is 11.2 Å². The summed E-state index contributed by atoms with van der Waals surface area (Å²) in [5.74, 6) is -0.310. The molecule has 0 amide bonds. The van der Waals surface area contributed by atoms with E-state index in [1.807, 2.05) is 31.2 Å². The fourth-order valence-corrected chi connectivity index (χ4v) is 1.57. The van der Waals surface area contributed by atoms with Gasteiger partial charge in [-0.15, -0.1) is 0 Å². The fourth-order valence-electron chi connectivity index (χ4n) is 1.57. The summed E-state index contributed by atoms with van der Waals surface area (Å²) in [5.41, 5.74) is 2.10. The maximum Gasteiger partial charge on any atom is 0.411 e. The van der Waals surface area contributed by atoms with Crippen LogP contribution in [0.1, 0.15) is 11.1 Å². The van der Waals surface area contributed by atoms with Gasteiger partial charge in [-0.1, -0.05) is 29.8 Å². The van der Waals surface area contributed by atoms with Crippen molar-refractivity contribution in [3.8, 4) is 0 Å². The van der Waals surface area contributed by atoms with Crippen LogP contribution in [0.5, 0.6) is 0 Å². The van der Waals surface area contributed by atoms with Gasteiger partial charge >= 0.3 is 6.18 Å². The van der Waals surface area contributed by atoms with Crippen LogP contribution in [-0.4, -0.2) is 31.1 Å². The Bertz CT molecular complexity index is 346. The summed E-state index contributed by atoms with van der Waals surface area (Å²) in [6, 6.07) is 7.67. The number of halogens is 3. The average Bonchev–Trinajstić information content (AvgIpc) is 2.29. The van der Waals surface area contributed by atoms with Gasteiger partial charge in [0, 0.05) is 12.5 Å². The van der Waals surface area contributed by atoms with Crippen molar-refractivity contribution in [1.82, 2.24) is 0 Å². The van der Waals surface area contributed by atoms with Crippen LogP contribution in [0.3, 0.4) is 0 Å². The van der Waals surface area contributed by atoms with Crippen molar-refractivity contribution in [3.05, 3.63) is 35.4 Å². The van der Waals surface area contributed by atoms with Gasteiger partial charge in [-0.05, 0) is 18.9 Å². The van der Waals surface area contributed by atoms with Gasteiger partial charge in [-0.2, -0.15) is 13.2 Å². The maximum atomic E-state index is 11.9. The van der Waals surface area contributed by atoms with Crippen LogP contribution in [0.15, 0.2) is 24.3 Å². The zero-order valence-corrected chi connectivity index (χ0v) is 10.2. The molecule has 1 aromatic carbocycles. The van der Waals surface area contributed by atoms with E-state index < -0.39 is 12.8 Å². The lowest BCUT2D eigenvalue weighted by Gasteiger charge is -2.15. The highest BCUT2D eigenvalue weighted by atomic mass is 19.4. The van der Waals surface area contributed by atoms with Crippen LogP contribution in [0.25, 0.3) is 0 Å². The number of benzene rings is 1. The predicted molar refractivity (Wildman–Crippen MR) is 62.3 cm³/mol. The predicted octanol–water partition coefficient (Wildman–Crippen LogP) is 2.72. The molecule has 102 valence electrons. The van der Waals surface area contributed by atoms with E-state index in [9.17, 15) is 13.2 Å². The zero-order valence-electron chi connectivity index (χ0n) is 10.2. The highest BCUT2D eigenvalue weighted by Gasteiger charge is 2.27. The molecule has 5 heteroatoms. The Balaban J connectivity index is 2.40. The lowest BCUT2D eigenvalue weighted by molar-refractivity contribution is -0.177. The summed E-state index contributed by atoms with van der Waals surface area (Å²) in [4.78, 5) is 0. The van der Waals surface area contributed by atoms with Crippen molar-refractivity contribution in [2.45, 2.75) is 19.5 Å². The van der Waals surface area contributed by atoms with E-state index >= 15 is 0 Å². The van der Waals surface area contributed by atoms with Crippen molar-refractivity contribution >= 4 is 0 Å². The number of alkyl halides is 3. The third-order valence-electron chi connectivity index (χ3n) is 2.52. The molecule has 1 rings (SSSR count). The van der Waals surface area contributed by atoms with Crippen molar-refractivity contribution < 1.29 is 23.0 Å². The van der Waals surface area contributed by atoms with E-state index in [0.717, 1.165) is 11.1 Å². The van der Waals surface area contributed by atoms with Gasteiger partial charge in [-0.3, -0.25) is 0 Å². The quantitative estimate of drug-likeness (QED) is 0.854. The second-order valence-electron chi connectivity index (χ2n) is 4.37. The highest BCUT2D eigenvalue weighted by molar-refractivity contribution is 5.21. The average molecular weight is 262 g/mol. The minimum atomic E-state index is -4.32. The minimum Gasteiger partial charge on any atom is -0.396 e. The molecule has 0 heterocycles. The van der Waals surface area contributed by atoms with Crippen LogP contribution in [0, 0.1) is 12.8 Å². The van der Waals surface area contributed by atoms with Gasteiger partial charge in [0.05, 0.1) is 6.61 Å². The van der Waals surface area contributed by atoms with Gasteiger partial charge < -0.3 is 9.84 Å². The topological polar surface area (TPSA) is 29.5 Å². The monoisotopic (exact) mass is 262 g/mol. The van der Waals surface area contributed by atoms with Gasteiger partial charge in [0.1, 0.15) is 6.61 Å². The lowest BCUT2D eigenvalue weighted by atomic mass is 10.00. The number of ether oxygens (including phenoxy) is 1. The van der Waals surface area contributed by atoms with Gasteiger partial charge in [0.15, 0.2) is 0 Å². The summed E-state index contributed by atoms with van der Waals surface area (Å²) in [5, 5.41) is 9.11. The van der Waals surface area contributed by atoms with Crippen LogP contribution in [0.2, 0.25) is 0 Å². The molecule has 0 aromatic heterocycles. The van der Waals surface area contributed by atoms with Crippen molar-refractivity contribution in [3.63, 3.8) is 0 Å². The molecule has 1 N–H and O–H groups in total. The summed E-state index contributed by atoms with van der Waals surface area (Å²) in [7, 11) is 0. The molecule has 1 unspecified atom stereocenters. The first-order chi connectivity index (χ1) is 8.40. The van der Waals surface area contributed by atoms with E-state index in [2.05, 4.69) is 4.74 Å². The molecule has 0 spiro atoms. The number of aliphatic hydroxyl groups is 1. The molecule has 0 aliphatic carbocycles. The van der Waals surface area contributed by atoms with Crippen LogP contribution < -0.4 is 0 Å². The molecule has 1 atom stereocenters. The molecule has 0 bridgehead atoms. The second-order valence-corrected chi connectivity index (χ2v) is 4.37. The molecule has 18 heavy (non-hydrogen) atoms. The minimum absolute atomic E-state index is 0.0934. The molecule has 0 aliphatic heterocycles. The Hall–Kier alpha value is -1.07. The largest absolute Gasteiger partial charge is 0.411 e. The Morgan fingerprint density at radius 2 is 1.83 bits per heavy atom. The third-order valence-corrected chi connectivity index (χ3v) is 2.52. The number of hydrogen-bond acceptors (Lipinski definition) is 2. The van der Waals surface area contributed by atoms with E-state index in [0.29, 0.717) is 6.42 Å². The van der Waals surface area contributed by atoms with E-state index in [1.165, 1.54) is 0 Å². The molecule has 0 saturated carbocycles. The summed E-state index contributed by atoms with van der Waals surface area (Å²) >= 11 is 0. The van der Waals surface area contributed by atoms with Crippen molar-refractivity contribution in [2.75, 3.05) is 19.8 Å². The summed E-state index contributed by atoms with van der Waals surface area (Å²) in [6.07, 6.45) is -3.81. The molecule has 0 aliphatic rings. The second kappa shape index (κ2) is 6.75. The van der Waals surface area contributed by atoms with E-state index in [-0.39, 0.29) is 19.1 Å². The summed E-state index contributed by atoms with van der Waals surface area (Å²) < 4.78 is 40.2. The fraction of sp³-hybridized carbons (Fsp3) is 0.538. The molecule has 1 aromatic rings. The molecule has 2 nitrogen and oxygen atoms in total. The Morgan fingerprint density at radius 1 is 1.22 bits per heavy atom. The molecule has 0 fully saturated rings. The molecular formula is C13H17F3O2. The third kappa shape index (κ3) is 6.02. The van der Waals surface area contributed by atoms with E-state index in [1.54, 1.807) is 0 Å². The standard InChI is InChI=1S/C13H17F3O2/c1-10-2-4-11(5-3-10)6-12(7-17)8-18-9-13(14,15)16/h2-5,12,17H,6-9H2,1H3. The zero-order chi connectivity index (χ0) is 13.6. The number of hydrogen-bond donors (Lipinski definition) is 1. The molecule has 0 radical (unpaired) electrons. The van der Waals surface area contributed by atoms with Crippen LogP contribution >= 0.6 is 0 Å².